The highest BCUT2D eigenvalue weighted by Gasteiger charge is 2.40. The van der Waals surface area contributed by atoms with Crippen LogP contribution in [-0.2, 0) is 9.57 Å². The van der Waals surface area contributed by atoms with Crippen LogP contribution in [0.5, 0.6) is 0 Å². The molecule has 3 heteroatoms. The summed E-state index contributed by atoms with van der Waals surface area (Å²) in [5.74, 6) is 1.62. The molecule has 2 aliphatic rings. The molecule has 0 saturated heterocycles. The Kier molecular flexibility index (Phi) is 2.98. The standard InChI is InChI=1S/C10H17NO2/c1-12-5-6-13-11-10-7-8-3-2-4-9(8)10/h2,4,8-11H,3,5-7H2,1H3. The largest absolute Gasteiger partial charge is 0.382 e. The van der Waals surface area contributed by atoms with Crippen molar-refractivity contribution in [3.05, 3.63) is 12.2 Å². The molecular weight excluding hydrogens is 166 g/mol. The lowest BCUT2D eigenvalue weighted by Gasteiger charge is -2.40. The monoisotopic (exact) mass is 183 g/mol. The summed E-state index contributed by atoms with van der Waals surface area (Å²) in [5, 5.41) is 0. The number of hydrogen-bond acceptors (Lipinski definition) is 3. The molecule has 0 aromatic rings. The predicted molar refractivity (Wildman–Crippen MR) is 50.1 cm³/mol. The van der Waals surface area contributed by atoms with Gasteiger partial charge in [0.25, 0.3) is 0 Å². The number of fused-ring (bicyclic) bond motifs is 1. The van der Waals surface area contributed by atoms with Gasteiger partial charge in [0.15, 0.2) is 0 Å². The first kappa shape index (κ1) is 9.19. The zero-order chi connectivity index (χ0) is 9.10. The van der Waals surface area contributed by atoms with Gasteiger partial charge in [-0.05, 0) is 24.7 Å². The first-order chi connectivity index (χ1) is 6.42. The second-order valence-electron chi connectivity index (χ2n) is 3.80. The Labute approximate surface area is 79.1 Å². The number of allylic oxidation sites excluding steroid dienone is 1. The van der Waals surface area contributed by atoms with Gasteiger partial charge in [-0.2, -0.15) is 5.48 Å². The molecule has 0 radical (unpaired) electrons. The average Bonchev–Trinajstić information content (AvgIpc) is 2.47. The van der Waals surface area contributed by atoms with E-state index in [0.29, 0.717) is 19.3 Å². The second-order valence-corrected chi connectivity index (χ2v) is 3.80. The highest BCUT2D eigenvalue weighted by atomic mass is 16.7. The van der Waals surface area contributed by atoms with Gasteiger partial charge in [0.1, 0.15) is 0 Å². The van der Waals surface area contributed by atoms with Crippen LogP contribution in [0.4, 0.5) is 0 Å². The summed E-state index contributed by atoms with van der Waals surface area (Å²) >= 11 is 0. The van der Waals surface area contributed by atoms with Gasteiger partial charge in [-0.15, -0.1) is 0 Å². The molecular formula is C10H17NO2. The Morgan fingerprint density at radius 3 is 3.15 bits per heavy atom. The van der Waals surface area contributed by atoms with Crippen LogP contribution in [0, 0.1) is 11.8 Å². The number of methoxy groups -OCH3 is 1. The van der Waals surface area contributed by atoms with E-state index in [1.165, 1.54) is 12.8 Å². The fraction of sp³-hybridized carbons (Fsp3) is 0.800. The third kappa shape index (κ3) is 1.93. The Bertz CT molecular complexity index is 193. The molecule has 2 rings (SSSR count). The lowest BCUT2D eigenvalue weighted by Crippen LogP contribution is -2.48. The SMILES string of the molecule is COCCONC1CC2CC=CC21. The van der Waals surface area contributed by atoms with Gasteiger partial charge in [0.05, 0.1) is 13.2 Å². The van der Waals surface area contributed by atoms with Gasteiger partial charge in [-0.1, -0.05) is 12.2 Å². The summed E-state index contributed by atoms with van der Waals surface area (Å²) in [6.07, 6.45) is 7.11. The summed E-state index contributed by atoms with van der Waals surface area (Å²) in [6.45, 7) is 1.29. The molecule has 13 heavy (non-hydrogen) atoms. The van der Waals surface area contributed by atoms with E-state index in [-0.39, 0.29) is 0 Å². The van der Waals surface area contributed by atoms with Crippen molar-refractivity contribution < 1.29 is 9.57 Å². The lowest BCUT2D eigenvalue weighted by atomic mass is 9.72. The van der Waals surface area contributed by atoms with E-state index in [4.69, 9.17) is 9.57 Å². The predicted octanol–water partition coefficient (Wildman–Crippen LogP) is 1.12. The van der Waals surface area contributed by atoms with E-state index < -0.39 is 0 Å². The van der Waals surface area contributed by atoms with Gasteiger partial charge in [0, 0.05) is 13.2 Å². The van der Waals surface area contributed by atoms with Crippen LogP contribution in [0.1, 0.15) is 12.8 Å². The Balaban J connectivity index is 1.59. The molecule has 0 aromatic carbocycles. The molecule has 1 saturated carbocycles. The van der Waals surface area contributed by atoms with Crippen molar-refractivity contribution in [1.82, 2.24) is 5.48 Å². The van der Waals surface area contributed by atoms with Crippen LogP contribution in [0.2, 0.25) is 0 Å². The van der Waals surface area contributed by atoms with Crippen molar-refractivity contribution >= 4 is 0 Å². The van der Waals surface area contributed by atoms with Crippen molar-refractivity contribution in [1.29, 1.82) is 0 Å². The van der Waals surface area contributed by atoms with Crippen LogP contribution < -0.4 is 5.48 Å². The first-order valence-corrected chi connectivity index (χ1v) is 4.94. The molecule has 0 spiro atoms. The van der Waals surface area contributed by atoms with Crippen LogP contribution in [0.3, 0.4) is 0 Å². The van der Waals surface area contributed by atoms with E-state index in [1.54, 1.807) is 7.11 Å². The summed E-state index contributed by atoms with van der Waals surface area (Å²) in [7, 11) is 1.68. The minimum atomic E-state index is 0.542. The highest BCUT2D eigenvalue weighted by Crippen LogP contribution is 2.42. The molecule has 0 amide bonds. The summed E-state index contributed by atoms with van der Waals surface area (Å²) in [5.41, 5.74) is 3.09. The minimum absolute atomic E-state index is 0.542. The molecule has 74 valence electrons. The third-order valence-corrected chi connectivity index (χ3v) is 2.99. The quantitative estimate of drug-likeness (QED) is 0.393. The second kappa shape index (κ2) is 4.22. The van der Waals surface area contributed by atoms with Gasteiger partial charge in [-0.3, -0.25) is 4.84 Å². The number of rotatable bonds is 5. The Hall–Kier alpha value is -0.380. The van der Waals surface area contributed by atoms with Crippen LogP contribution in [-0.4, -0.2) is 26.4 Å². The molecule has 0 heterocycles. The topological polar surface area (TPSA) is 30.5 Å². The van der Waals surface area contributed by atoms with E-state index >= 15 is 0 Å². The van der Waals surface area contributed by atoms with E-state index in [9.17, 15) is 0 Å². The van der Waals surface area contributed by atoms with Crippen molar-refractivity contribution in [2.75, 3.05) is 20.3 Å². The van der Waals surface area contributed by atoms with Gasteiger partial charge >= 0.3 is 0 Å². The fourth-order valence-corrected chi connectivity index (χ4v) is 2.15. The average molecular weight is 183 g/mol. The molecule has 3 unspecified atom stereocenters. The van der Waals surface area contributed by atoms with Gasteiger partial charge < -0.3 is 4.74 Å². The Morgan fingerprint density at radius 2 is 2.38 bits per heavy atom. The van der Waals surface area contributed by atoms with Crippen molar-refractivity contribution in [2.24, 2.45) is 11.8 Å². The molecule has 0 bridgehead atoms. The zero-order valence-corrected chi connectivity index (χ0v) is 8.03. The van der Waals surface area contributed by atoms with Crippen molar-refractivity contribution in [2.45, 2.75) is 18.9 Å². The molecule has 1 fully saturated rings. The molecule has 2 aliphatic carbocycles. The van der Waals surface area contributed by atoms with Crippen molar-refractivity contribution in [3.63, 3.8) is 0 Å². The smallest absolute Gasteiger partial charge is 0.0915 e. The van der Waals surface area contributed by atoms with E-state index in [2.05, 4.69) is 17.6 Å². The molecule has 1 N–H and O–H groups in total. The van der Waals surface area contributed by atoms with Gasteiger partial charge in [0.2, 0.25) is 0 Å². The van der Waals surface area contributed by atoms with Crippen LogP contribution in [0.25, 0.3) is 0 Å². The summed E-state index contributed by atoms with van der Waals surface area (Å²) < 4.78 is 4.88. The number of hydrogen-bond donors (Lipinski definition) is 1. The maximum absolute atomic E-state index is 5.28. The maximum atomic E-state index is 5.28. The summed E-state index contributed by atoms with van der Waals surface area (Å²) in [6, 6.07) is 0.542. The first-order valence-electron chi connectivity index (χ1n) is 4.94. The van der Waals surface area contributed by atoms with Crippen molar-refractivity contribution in [3.8, 4) is 0 Å². The van der Waals surface area contributed by atoms with Crippen LogP contribution in [0.15, 0.2) is 12.2 Å². The molecule has 0 aromatic heterocycles. The summed E-state index contributed by atoms with van der Waals surface area (Å²) in [4.78, 5) is 5.28. The highest BCUT2D eigenvalue weighted by molar-refractivity contribution is 5.12. The van der Waals surface area contributed by atoms with Crippen LogP contribution >= 0.6 is 0 Å². The van der Waals surface area contributed by atoms with Gasteiger partial charge in [-0.25, -0.2) is 0 Å². The number of ether oxygens (including phenoxy) is 1. The molecule has 3 atom stereocenters. The number of nitrogens with one attached hydrogen (secondary N) is 1. The Morgan fingerprint density at radius 1 is 1.46 bits per heavy atom. The molecule has 3 nitrogen and oxygen atoms in total. The van der Waals surface area contributed by atoms with E-state index in [0.717, 1.165) is 11.8 Å². The maximum Gasteiger partial charge on any atom is 0.0915 e. The zero-order valence-electron chi connectivity index (χ0n) is 8.03. The fourth-order valence-electron chi connectivity index (χ4n) is 2.15. The van der Waals surface area contributed by atoms with E-state index in [1.807, 2.05) is 0 Å². The number of hydroxylamine groups is 1. The third-order valence-electron chi connectivity index (χ3n) is 2.99. The normalized spacial score (nSPS) is 35.9. The molecule has 0 aliphatic heterocycles. The lowest BCUT2D eigenvalue weighted by molar-refractivity contribution is -0.0508. The minimum Gasteiger partial charge on any atom is -0.382 e.